The van der Waals surface area contributed by atoms with E-state index in [0.29, 0.717) is 11.2 Å². The molecule has 106 valence electrons. The third-order valence-electron chi connectivity index (χ3n) is 3.20. The summed E-state index contributed by atoms with van der Waals surface area (Å²) in [6.45, 7) is 0. The molecule has 20 heavy (non-hydrogen) atoms. The molecule has 2 aromatic heterocycles. The number of nitrogens with two attached hydrogens (primary N) is 1. The maximum Gasteiger partial charge on any atom is 0.167 e. The van der Waals surface area contributed by atoms with Gasteiger partial charge in [-0.1, -0.05) is 0 Å². The van der Waals surface area contributed by atoms with Gasteiger partial charge < -0.3 is 20.7 Å². The molecule has 1 fully saturated rings. The van der Waals surface area contributed by atoms with Crippen LogP contribution in [0.5, 0.6) is 0 Å². The summed E-state index contributed by atoms with van der Waals surface area (Å²) in [6.07, 6.45) is -0.466. The number of nitrogen functional groups attached to an aromatic ring is 1. The molecule has 0 amide bonds. The smallest absolute Gasteiger partial charge is 0.167 e. The minimum Gasteiger partial charge on any atom is -0.387 e. The molecule has 0 radical (unpaired) electrons. The molecule has 0 aromatic carbocycles. The number of aromatic nitrogens is 4. The van der Waals surface area contributed by atoms with Crippen molar-refractivity contribution in [1.29, 1.82) is 0 Å². The van der Waals surface area contributed by atoms with Gasteiger partial charge in [0.15, 0.2) is 17.7 Å². The zero-order chi connectivity index (χ0) is 14.3. The van der Waals surface area contributed by atoms with Crippen LogP contribution in [-0.4, -0.2) is 48.0 Å². The minimum absolute atomic E-state index is 0.196. The average molecular weight is 281 g/mol. The van der Waals surface area contributed by atoms with E-state index < -0.39 is 24.5 Å². The van der Waals surface area contributed by atoms with E-state index in [2.05, 4.69) is 15.0 Å². The molecule has 1 aliphatic rings. The van der Waals surface area contributed by atoms with Crippen LogP contribution in [0.25, 0.3) is 11.2 Å². The largest absolute Gasteiger partial charge is 0.387 e. The Morgan fingerprint density at radius 1 is 1.30 bits per heavy atom. The number of nitrogens with zero attached hydrogens (tertiary/aromatic N) is 4. The van der Waals surface area contributed by atoms with Crippen molar-refractivity contribution in [3.63, 3.8) is 0 Å². The molecule has 8 nitrogen and oxygen atoms in total. The zero-order valence-corrected chi connectivity index (χ0v) is 10.2. The molecular formula is C11H12FN5O3. The fourth-order valence-corrected chi connectivity index (χ4v) is 2.20. The Morgan fingerprint density at radius 3 is 2.85 bits per heavy atom. The van der Waals surface area contributed by atoms with Crippen LogP contribution in [0, 0.1) is 0 Å². The molecule has 3 heterocycles. The molecule has 9 heteroatoms. The average Bonchev–Trinajstić information content (AvgIpc) is 2.97. The summed E-state index contributed by atoms with van der Waals surface area (Å²) in [4.78, 5) is 11.9. The number of anilines is 1. The highest BCUT2D eigenvalue weighted by Crippen LogP contribution is 2.32. The van der Waals surface area contributed by atoms with Gasteiger partial charge in [-0.25, -0.2) is 19.3 Å². The number of ether oxygens (including phenoxy) is 1. The summed E-state index contributed by atoms with van der Waals surface area (Å²) in [7, 11) is 0. The maximum absolute atomic E-state index is 12.2. The molecule has 1 aliphatic heterocycles. The van der Waals surface area contributed by atoms with E-state index >= 15 is 0 Å². The topological polar surface area (TPSA) is 119 Å². The standard InChI is InChI=1S/C11H12FN5O3/c12-2-1-5-7(18)8(19)11(20-5)17-4-16-6-9(13)14-3-15-10(6)17/h1-5,7-8,11,18-19H,(H2,13,14,15)/b2-1+/t5-,7-,8-,11-/m1/s1. The summed E-state index contributed by atoms with van der Waals surface area (Å²) < 4.78 is 19.0. The Labute approximate surface area is 112 Å². The molecule has 4 atom stereocenters. The molecule has 0 saturated carbocycles. The van der Waals surface area contributed by atoms with Crippen molar-refractivity contribution in [2.24, 2.45) is 0 Å². The van der Waals surface area contributed by atoms with Crippen molar-refractivity contribution >= 4 is 17.0 Å². The van der Waals surface area contributed by atoms with Gasteiger partial charge in [-0.3, -0.25) is 4.57 Å². The van der Waals surface area contributed by atoms with E-state index in [4.69, 9.17) is 10.5 Å². The number of rotatable bonds is 2. The number of aliphatic hydroxyl groups is 2. The van der Waals surface area contributed by atoms with Crippen molar-refractivity contribution in [2.75, 3.05) is 5.73 Å². The van der Waals surface area contributed by atoms with Crippen LogP contribution in [0.1, 0.15) is 6.23 Å². The van der Waals surface area contributed by atoms with Gasteiger partial charge in [0.05, 0.1) is 12.7 Å². The summed E-state index contributed by atoms with van der Waals surface area (Å²) in [6, 6.07) is 0. The quantitative estimate of drug-likeness (QED) is 0.679. The first-order chi connectivity index (χ1) is 9.63. The fraction of sp³-hybridized carbons (Fsp3) is 0.364. The van der Waals surface area contributed by atoms with Gasteiger partial charge in [0.2, 0.25) is 0 Å². The Bertz CT molecular complexity index is 661. The Kier molecular flexibility index (Phi) is 3.08. The third kappa shape index (κ3) is 1.83. The highest BCUT2D eigenvalue weighted by atomic mass is 19.1. The summed E-state index contributed by atoms with van der Waals surface area (Å²) in [5.41, 5.74) is 6.39. The van der Waals surface area contributed by atoms with E-state index in [0.717, 1.165) is 6.08 Å². The second-order valence-electron chi connectivity index (χ2n) is 4.37. The molecule has 1 saturated heterocycles. The van der Waals surface area contributed by atoms with Crippen LogP contribution in [0.2, 0.25) is 0 Å². The summed E-state index contributed by atoms with van der Waals surface area (Å²) >= 11 is 0. The molecule has 2 aromatic rings. The van der Waals surface area contributed by atoms with Crippen LogP contribution in [0.15, 0.2) is 25.1 Å². The zero-order valence-electron chi connectivity index (χ0n) is 10.2. The van der Waals surface area contributed by atoms with Gasteiger partial charge in [-0.05, 0) is 6.08 Å². The highest BCUT2D eigenvalue weighted by Gasteiger charge is 2.43. The lowest BCUT2D eigenvalue weighted by Crippen LogP contribution is -2.30. The fourth-order valence-electron chi connectivity index (χ4n) is 2.20. The van der Waals surface area contributed by atoms with Crippen molar-refractivity contribution in [3.05, 3.63) is 25.1 Å². The number of hydrogen-bond acceptors (Lipinski definition) is 7. The highest BCUT2D eigenvalue weighted by molar-refractivity contribution is 5.81. The lowest BCUT2D eigenvalue weighted by Gasteiger charge is -2.16. The molecule has 0 bridgehead atoms. The van der Waals surface area contributed by atoms with Crippen LogP contribution in [-0.2, 0) is 4.74 Å². The van der Waals surface area contributed by atoms with Gasteiger partial charge in [0.25, 0.3) is 0 Å². The minimum atomic E-state index is -1.25. The van der Waals surface area contributed by atoms with E-state index in [9.17, 15) is 14.6 Å². The third-order valence-corrected chi connectivity index (χ3v) is 3.20. The normalized spacial score (nSPS) is 30.6. The van der Waals surface area contributed by atoms with E-state index in [1.54, 1.807) is 0 Å². The molecule has 0 aliphatic carbocycles. The number of fused-ring (bicyclic) bond motifs is 1. The Morgan fingerprint density at radius 2 is 2.10 bits per heavy atom. The second-order valence-corrected chi connectivity index (χ2v) is 4.37. The monoisotopic (exact) mass is 281 g/mol. The lowest BCUT2D eigenvalue weighted by atomic mass is 10.1. The first-order valence-corrected chi connectivity index (χ1v) is 5.85. The summed E-state index contributed by atoms with van der Waals surface area (Å²) in [5, 5.41) is 19.8. The van der Waals surface area contributed by atoms with Crippen LogP contribution in [0.3, 0.4) is 0 Å². The SMILES string of the molecule is Nc1ncnc2c1ncn2[C@@H]1O[C@H](/C=C/F)[C@@H](O)[C@H]1O. The lowest BCUT2D eigenvalue weighted by molar-refractivity contribution is -0.0246. The molecule has 0 spiro atoms. The van der Waals surface area contributed by atoms with Crippen molar-refractivity contribution in [3.8, 4) is 0 Å². The number of imidazole rings is 1. The maximum atomic E-state index is 12.2. The number of halogens is 1. The number of hydrogen-bond donors (Lipinski definition) is 3. The molecule has 3 rings (SSSR count). The van der Waals surface area contributed by atoms with Gasteiger partial charge in [0.1, 0.15) is 30.2 Å². The van der Waals surface area contributed by atoms with Gasteiger partial charge in [-0.2, -0.15) is 0 Å². The van der Waals surface area contributed by atoms with Crippen molar-refractivity contribution in [1.82, 2.24) is 19.5 Å². The predicted molar refractivity (Wildman–Crippen MR) is 65.9 cm³/mol. The van der Waals surface area contributed by atoms with Crippen LogP contribution in [0.4, 0.5) is 10.2 Å². The molecule has 4 N–H and O–H groups in total. The van der Waals surface area contributed by atoms with Gasteiger partial charge >= 0.3 is 0 Å². The van der Waals surface area contributed by atoms with Gasteiger partial charge in [-0.15, -0.1) is 0 Å². The molecular weight excluding hydrogens is 269 g/mol. The van der Waals surface area contributed by atoms with Gasteiger partial charge in [0, 0.05) is 0 Å². The first-order valence-electron chi connectivity index (χ1n) is 5.85. The first kappa shape index (κ1) is 12.9. The van der Waals surface area contributed by atoms with E-state index in [1.165, 1.54) is 17.2 Å². The van der Waals surface area contributed by atoms with E-state index in [-0.39, 0.29) is 12.1 Å². The van der Waals surface area contributed by atoms with Crippen LogP contribution >= 0.6 is 0 Å². The second kappa shape index (κ2) is 4.78. The summed E-state index contributed by atoms with van der Waals surface area (Å²) in [5.74, 6) is 0.196. The number of aliphatic hydroxyl groups excluding tert-OH is 2. The predicted octanol–water partition coefficient (Wildman–Crippen LogP) is -0.489. The molecule has 0 unspecified atom stereocenters. The van der Waals surface area contributed by atoms with Crippen LogP contribution < -0.4 is 5.73 Å². The van der Waals surface area contributed by atoms with E-state index in [1.807, 2.05) is 0 Å². The Balaban J connectivity index is 2.02. The van der Waals surface area contributed by atoms with Crippen molar-refractivity contribution in [2.45, 2.75) is 24.5 Å². The Hall–Kier alpha value is -2.10. The van der Waals surface area contributed by atoms with Crippen molar-refractivity contribution < 1.29 is 19.3 Å².